The van der Waals surface area contributed by atoms with Gasteiger partial charge in [-0.05, 0) is 54.8 Å². The van der Waals surface area contributed by atoms with Crippen molar-refractivity contribution in [3.05, 3.63) is 95.6 Å². The zero-order valence-corrected chi connectivity index (χ0v) is 14.9. The van der Waals surface area contributed by atoms with E-state index in [1.807, 2.05) is 18.3 Å². The fraction of sp³-hybridized carbons (Fsp3) is 0.174. The highest BCUT2D eigenvalue weighted by Gasteiger charge is 2.05. The smallest absolute Gasteiger partial charge is 0.0632 e. The van der Waals surface area contributed by atoms with Crippen LogP contribution in [0.25, 0.3) is 0 Å². The first-order valence-corrected chi connectivity index (χ1v) is 8.74. The van der Waals surface area contributed by atoms with Crippen LogP contribution in [0.5, 0.6) is 0 Å². The van der Waals surface area contributed by atoms with Gasteiger partial charge in [0.1, 0.15) is 0 Å². The Hall–Kier alpha value is -2.87. The molecule has 0 amide bonds. The van der Waals surface area contributed by atoms with Crippen molar-refractivity contribution in [2.24, 2.45) is 4.99 Å². The van der Waals surface area contributed by atoms with Gasteiger partial charge in [0.15, 0.2) is 0 Å². The van der Waals surface area contributed by atoms with Gasteiger partial charge in [-0.25, -0.2) is 0 Å². The van der Waals surface area contributed by atoms with Gasteiger partial charge < -0.3 is 4.90 Å². The lowest BCUT2D eigenvalue weighted by Crippen LogP contribution is -2.21. The van der Waals surface area contributed by atoms with Crippen molar-refractivity contribution < 1.29 is 0 Å². The topological polar surface area (TPSA) is 15.6 Å². The van der Waals surface area contributed by atoms with Gasteiger partial charge in [0, 0.05) is 25.0 Å². The summed E-state index contributed by atoms with van der Waals surface area (Å²) >= 11 is 0. The summed E-state index contributed by atoms with van der Waals surface area (Å²) in [6, 6.07) is 27.4. The Bertz CT molecular complexity index is 820. The van der Waals surface area contributed by atoms with Crippen LogP contribution in [0.4, 0.5) is 11.4 Å². The maximum absolute atomic E-state index is 4.56. The van der Waals surface area contributed by atoms with Gasteiger partial charge >= 0.3 is 0 Å². The van der Waals surface area contributed by atoms with E-state index in [9.17, 15) is 0 Å². The van der Waals surface area contributed by atoms with Crippen LogP contribution in [-0.4, -0.2) is 12.8 Å². The van der Waals surface area contributed by atoms with Crippen LogP contribution in [0.3, 0.4) is 0 Å². The summed E-state index contributed by atoms with van der Waals surface area (Å²) in [6.07, 6.45) is 1.92. The lowest BCUT2D eigenvalue weighted by molar-refractivity contribution is 0.832. The minimum absolute atomic E-state index is 0.925. The third kappa shape index (κ3) is 4.80. The minimum Gasteiger partial charge on any atom is -0.367 e. The molecule has 2 nitrogen and oxygen atoms in total. The molecule has 0 fully saturated rings. The molecular formula is C23H24N2. The number of aliphatic imine (C=N–C) groups is 1. The van der Waals surface area contributed by atoms with E-state index in [1.54, 1.807) is 0 Å². The molecule has 0 aromatic heterocycles. The van der Waals surface area contributed by atoms with Crippen molar-refractivity contribution in [1.29, 1.82) is 0 Å². The molecule has 0 aliphatic heterocycles. The molecule has 0 aliphatic rings. The summed E-state index contributed by atoms with van der Waals surface area (Å²) in [5.41, 5.74) is 5.89. The fourth-order valence-electron chi connectivity index (χ4n) is 2.82. The first kappa shape index (κ1) is 17.0. The maximum Gasteiger partial charge on any atom is 0.0632 e. The van der Waals surface area contributed by atoms with E-state index < -0.39 is 0 Å². The van der Waals surface area contributed by atoms with E-state index in [-0.39, 0.29) is 0 Å². The fourth-order valence-corrected chi connectivity index (χ4v) is 2.82. The average molecular weight is 328 g/mol. The largest absolute Gasteiger partial charge is 0.367 e. The molecule has 126 valence electrons. The zero-order valence-electron chi connectivity index (χ0n) is 14.9. The molecular weight excluding hydrogens is 304 g/mol. The van der Waals surface area contributed by atoms with Gasteiger partial charge in [-0.3, -0.25) is 4.99 Å². The van der Waals surface area contributed by atoms with Crippen molar-refractivity contribution in [1.82, 2.24) is 0 Å². The molecule has 3 aromatic carbocycles. The predicted octanol–water partition coefficient (Wildman–Crippen LogP) is 5.77. The summed E-state index contributed by atoms with van der Waals surface area (Å²) in [6.45, 7) is 6.18. The molecule has 3 aromatic rings. The molecule has 0 saturated heterocycles. The van der Waals surface area contributed by atoms with Crippen molar-refractivity contribution in [2.75, 3.05) is 11.4 Å². The van der Waals surface area contributed by atoms with Crippen molar-refractivity contribution in [2.45, 2.75) is 20.4 Å². The van der Waals surface area contributed by atoms with Gasteiger partial charge in [-0.1, -0.05) is 54.6 Å². The summed E-state index contributed by atoms with van der Waals surface area (Å²) in [5.74, 6) is 0. The van der Waals surface area contributed by atoms with E-state index in [4.69, 9.17) is 0 Å². The molecule has 0 aliphatic carbocycles. The maximum atomic E-state index is 4.56. The highest BCUT2D eigenvalue weighted by atomic mass is 15.1. The van der Waals surface area contributed by atoms with Gasteiger partial charge in [0.05, 0.1) is 5.69 Å². The summed E-state index contributed by atoms with van der Waals surface area (Å²) < 4.78 is 0. The quantitative estimate of drug-likeness (QED) is 0.524. The Balaban J connectivity index is 1.70. The summed E-state index contributed by atoms with van der Waals surface area (Å²) in [4.78, 5) is 6.93. The standard InChI is InChI=1S/C23H24N2/c1-3-25(18-21-9-5-4-6-10-21)23-14-12-20(13-15-23)17-24-22-11-7-8-19(2)16-22/h4-17H,3,18H2,1-2H3. The Labute approximate surface area is 150 Å². The number of nitrogens with zero attached hydrogens (tertiary/aromatic N) is 2. The Morgan fingerprint density at radius 2 is 1.64 bits per heavy atom. The lowest BCUT2D eigenvalue weighted by Gasteiger charge is -2.23. The number of benzene rings is 3. The minimum atomic E-state index is 0.925. The van der Waals surface area contributed by atoms with Gasteiger partial charge in [-0.2, -0.15) is 0 Å². The van der Waals surface area contributed by atoms with E-state index in [1.165, 1.54) is 16.8 Å². The molecule has 0 spiro atoms. The van der Waals surface area contributed by atoms with Gasteiger partial charge in [-0.15, -0.1) is 0 Å². The highest BCUT2D eigenvalue weighted by Crippen LogP contribution is 2.18. The predicted molar refractivity (Wildman–Crippen MR) is 108 cm³/mol. The van der Waals surface area contributed by atoms with Crippen molar-refractivity contribution in [3.8, 4) is 0 Å². The van der Waals surface area contributed by atoms with Crippen molar-refractivity contribution >= 4 is 17.6 Å². The molecule has 25 heavy (non-hydrogen) atoms. The normalized spacial score (nSPS) is 11.0. The molecule has 0 unspecified atom stereocenters. The SMILES string of the molecule is CCN(Cc1ccccc1)c1ccc(C=Nc2cccc(C)c2)cc1. The van der Waals surface area contributed by atoms with E-state index >= 15 is 0 Å². The monoisotopic (exact) mass is 328 g/mol. The second-order valence-corrected chi connectivity index (χ2v) is 6.19. The second kappa shape index (κ2) is 8.29. The number of aryl methyl sites for hydroxylation is 1. The third-order valence-corrected chi connectivity index (χ3v) is 4.22. The first-order valence-electron chi connectivity index (χ1n) is 8.74. The van der Waals surface area contributed by atoms with Crippen LogP contribution < -0.4 is 4.90 Å². The van der Waals surface area contributed by atoms with Crippen LogP contribution in [0.15, 0.2) is 83.9 Å². The van der Waals surface area contributed by atoms with Crippen LogP contribution >= 0.6 is 0 Å². The van der Waals surface area contributed by atoms with Crippen LogP contribution in [0.2, 0.25) is 0 Å². The van der Waals surface area contributed by atoms with Crippen molar-refractivity contribution in [3.63, 3.8) is 0 Å². The average Bonchev–Trinajstić information content (AvgIpc) is 2.66. The number of anilines is 1. The Morgan fingerprint density at radius 3 is 2.32 bits per heavy atom. The number of hydrogen-bond acceptors (Lipinski definition) is 2. The molecule has 0 atom stereocenters. The molecule has 0 heterocycles. The van der Waals surface area contributed by atoms with E-state index in [0.29, 0.717) is 0 Å². The number of rotatable bonds is 6. The van der Waals surface area contributed by atoms with Crippen LogP contribution in [0, 0.1) is 6.92 Å². The van der Waals surface area contributed by atoms with Crippen LogP contribution in [-0.2, 0) is 6.54 Å². The molecule has 2 heteroatoms. The highest BCUT2D eigenvalue weighted by molar-refractivity contribution is 5.82. The second-order valence-electron chi connectivity index (χ2n) is 6.19. The molecule has 0 saturated carbocycles. The summed E-state index contributed by atoms with van der Waals surface area (Å²) in [7, 11) is 0. The summed E-state index contributed by atoms with van der Waals surface area (Å²) in [5, 5.41) is 0. The molecule has 3 rings (SSSR count). The van der Waals surface area contributed by atoms with E-state index in [0.717, 1.165) is 24.3 Å². The first-order chi connectivity index (χ1) is 12.2. The zero-order chi connectivity index (χ0) is 17.5. The van der Waals surface area contributed by atoms with Gasteiger partial charge in [0.25, 0.3) is 0 Å². The third-order valence-electron chi connectivity index (χ3n) is 4.22. The van der Waals surface area contributed by atoms with Crippen LogP contribution in [0.1, 0.15) is 23.6 Å². The Morgan fingerprint density at radius 1 is 0.880 bits per heavy atom. The molecule has 0 radical (unpaired) electrons. The molecule has 0 bridgehead atoms. The lowest BCUT2D eigenvalue weighted by atomic mass is 10.1. The Kier molecular flexibility index (Phi) is 5.63. The van der Waals surface area contributed by atoms with Gasteiger partial charge in [0.2, 0.25) is 0 Å². The number of hydrogen-bond donors (Lipinski definition) is 0. The van der Waals surface area contributed by atoms with E-state index in [2.05, 4.69) is 90.5 Å². The molecule has 0 N–H and O–H groups in total.